The van der Waals surface area contributed by atoms with Crippen LogP contribution in [0.1, 0.15) is 33.1 Å². The van der Waals surface area contributed by atoms with Gasteiger partial charge in [-0.05, 0) is 6.42 Å². The maximum absolute atomic E-state index is 11.6. The standard InChI is InChI=1S/C16H29NO7/c1-6-7-15(19)24-13(11-23-12(2)18)10-22-9-8-14(16(20)21)17(3,4)5/h13-14H,6-11H2,1-5H3/p+1. The van der Waals surface area contributed by atoms with Gasteiger partial charge in [0.05, 0.1) is 34.4 Å². The first-order chi connectivity index (χ1) is 11.1. The van der Waals surface area contributed by atoms with E-state index in [4.69, 9.17) is 14.2 Å². The van der Waals surface area contributed by atoms with Crippen LogP contribution in [0.3, 0.4) is 0 Å². The van der Waals surface area contributed by atoms with E-state index in [2.05, 4.69) is 0 Å². The van der Waals surface area contributed by atoms with Gasteiger partial charge in [-0.1, -0.05) is 6.92 Å². The molecule has 2 atom stereocenters. The van der Waals surface area contributed by atoms with Crippen molar-refractivity contribution in [2.24, 2.45) is 0 Å². The molecule has 0 saturated carbocycles. The quantitative estimate of drug-likeness (QED) is 0.317. The van der Waals surface area contributed by atoms with Crippen molar-refractivity contribution >= 4 is 17.9 Å². The number of quaternary nitrogens is 1. The molecule has 8 nitrogen and oxygen atoms in total. The predicted molar refractivity (Wildman–Crippen MR) is 86.3 cm³/mol. The Kier molecular flexibility index (Phi) is 10.2. The van der Waals surface area contributed by atoms with Crippen molar-refractivity contribution in [2.45, 2.75) is 45.3 Å². The summed E-state index contributed by atoms with van der Waals surface area (Å²) in [4.78, 5) is 33.7. The van der Waals surface area contributed by atoms with E-state index in [1.807, 2.05) is 6.92 Å². The first-order valence-electron chi connectivity index (χ1n) is 8.02. The van der Waals surface area contributed by atoms with Crippen LogP contribution in [0.4, 0.5) is 0 Å². The molecule has 0 bridgehead atoms. The number of carboxylic acid groups (broad SMARTS) is 1. The van der Waals surface area contributed by atoms with Crippen molar-refractivity contribution in [3.8, 4) is 0 Å². The summed E-state index contributed by atoms with van der Waals surface area (Å²) in [5.41, 5.74) is 0. The van der Waals surface area contributed by atoms with Crippen molar-refractivity contribution in [1.82, 2.24) is 0 Å². The van der Waals surface area contributed by atoms with Crippen LogP contribution in [0.5, 0.6) is 0 Å². The molecule has 0 fully saturated rings. The van der Waals surface area contributed by atoms with Crippen molar-refractivity contribution in [2.75, 3.05) is 41.0 Å². The second-order valence-corrected chi connectivity index (χ2v) is 6.50. The van der Waals surface area contributed by atoms with Crippen LogP contribution in [0.2, 0.25) is 0 Å². The molecule has 8 heteroatoms. The van der Waals surface area contributed by atoms with E-state index in [9.17, 15) is 19.5 Å². The average molecular weight is 348 g/mol. The van der Waals surface area contributed by atoms with Gasteiger partial charge in [-0.25, -0.2) is 4.79 Å². The molecule has 0 aromatic rings. The third-order valence-corrected chi connectivity index (χ3v) is 3.28. The fourth-order valence-corrected chi connectivity index (χ4v) is 2.03. The van der Waals surface area contributed by atoms with Gasteiger partial charge in [-0.3, -0.25) is 9.59 Å². The summed E-state index contributed by atoms with van der Waals surface area (Å²) in [5, 5.41) is 9.24. The molecule has 0 aromatic heterocycles. The maximum Gasteiger partial charge on any atom is 0.362 e. The highest BCUT2D eigenvalue weighted by Gasteiger charge is 2.31. The van der Waals surface area contributed by atoms with Gasteiger partial charge in [-0.15, -0.1) is 0 Å². The lowest BCUT2D eigenvalue weighted by Crippen LogP contribution is -2.50. The lowest BCUT2D eigenvalue weighted by Gasteiger charge is -2.31. The Labute approximate surface area is 143 Å². The van der Waals surface area contributed by atoms with Crippen LogP contribution < -0.4 is 0 Å². The lowest BCUT2D eigenvalue weighted by atomic mass is 10.1. The number of aliphatic carboxylic acids is 1. The number of hydrogen-bond acceptors (Lipinski definition) is 6. The van der Waals surface area contributed by atoms with Gasteiger partial charge in [0.25, 0.3) is 0 Å². The highest BCUT2D eigenvalue weighted by Crippen LogP contribution is 2.09. The molecule has 0 radical (unpaired) electrons. The number of carbonyl (C=O) groups excluding carboxylic acids is 2. The number of carbonyl (C=O) groups is 3. The van der Waals surface area contributed by atoms with Crippen LogP contribution >= 0.6 is 0 Å². The molecule has 0 amide bonds. The van der Waals surface area contributed by atoms with Crippen LogP contribution in [-0.2, 0) is 28.6 Å². The molecule has 0 heterocycles. The molecule has 24 heavy (non-hydrogen) atoms. The molecule has 0 rings (SSSR count). The molecule has 1 N–H and O–H groups in total. The van der Waals surface area contributed by atoms with Crippen molar-refractivity contribution < 1.29 is 38.2 Å². The Hall–Kier alpha value is -1.67. The van der Waals surface area contributed by atoms with Gasteiger partial charge < -0.3 is 23.8 Å². The second kappa shape index (κ2) is 11.0. The zero-order valence-corrected chi connectivity index (χ0v) is 15.2. The first kappa shape index (κ1) is 22.3. The Morgan fingerprint density at radius 1 is 1.12 bits per heavy atom. The molecule has 0 spiro atoms. The molecule has 0 aliphatic rings. The monoisotopic (exact) mass is 348 g/mol. The molecule has 0 aliphatic carbocycles. The summed E-state index contributed by atoms with van der Waals surface area (Å²) in [5.74, 6) is -1.74. The highest BCUT2D eigenvalue weighted by atomic mass is 16.6. The van der Waals surface area contributed by atoms with Gasteiger partial charge in [0.2, 0.25) is 0 Å². The smallest absolute Gasteiger partial charge is 0.362 e. The van der Waals surface area contributed by atoms with Crippen LogP contribution in [0.25, 0.3) is 0 Å². The molecule has 2 unspecified atom stereocenters. The van der Waals surface area contributed by atoms with Gasteiger partial charge >= 0.3 is 17.9 Å². The summed E-state index contributed by atoms with van der Waals surface area (Å²) in [7, 11) is 5.40. The summed E-state index contributed by atoms with van der Waals surface area (Å²) in [6.45, 7) is 3.29. The number of carboxylic acids is 1. The first-order valence-corrected chi connectivity index (χ1v) is 8.02. The van der Waals surface area contributed by atoms with E-state index < -0.39 is 24.1 Å². The average Bonchev–Trinajstić information content (AvgIpc) is 2.42. The summed E-state index contributed by atoms with van der Waals surface area (Å²) in [6.07, 6.45) is 0.561. The lowest BCUT2D eigenvalue weighted by molar-refractivity contribution is -0.887. The van der Waals surface area contributed by atoms with E-state index in [-0.39, 0.29) is 36.7 Å². The number of rotatable bonds is 12. The number of nitrogens with zero attached hydrogens (tertiary/aromatic N) is 1. The number of ether oxygens (including phenoxy) is 3. The van der Waals surface area contributed by atoms with Gasteiger partial charge in [0.1, 0.15) is 6.61 Å². The largest absolute Gasteiger partial charge is 0.477 e. The van der Waals surface area contributed by atoms with Crippen LogP contribution in [0.15, 0.2) is 0 Å². The predicted octanol–water partition coefficient (Wildman–Crippen LogP) is 0.828. The molecule has 140 valence electrons. The summed E-state index contributed by atoms with van der Waals surface area (Å²) < 4.78 is 15.8. The van der Waals surface area contributed by atoms with Crippen LogP contribution in [-0.4, -0.2) is 80.6 Å². The minimum atomic E-state index is -0.892. The molecular weight excluding hydrogens is 318 g/mol. The fraction of sp³-hybridized carbons (Fsp3) is 0.812. The number of likely N-dealkylation sites (N-methyl/N-ethyl adjacent to an activating group) is 1. The summed E-state index contributed by atoms with van der Waals surface area (Å²) in [6, 6.07) is -0.598. The van der Waals surface area contributed by atoms with Gasteiger partial charge in [0.15, 0.2) is 12.1 Å². The molecular formula is C16H30NO7+. The van der Waals surface area contributed by atoms with E-state index in [1.165, 1.54) is 6.92 Å². The highest BCUT2D eigenvalue weighted by molar-refractivity contribution is 5.72. The number of esters is 2. The Morgan fingerprint density at radius 2 is 1.75 bits per heavy atom. The second-order valence-electron chi connectivity index (χ2n) is 6.50. The van der Waals surface area contributed by atoms with E-state index in [1.54, 1.807) is 21.1 Å². The minimum Gasteiger partial charge on any atom is -0.477 e. The Bertz CT molecular complexity index is 417. The van der Waals surface area contributed by atoms with E-state index >= 15 is 0 Å². The van der Waals surface area contributed by atoms with E-state index in [0.717, 1.165) is 0 Å². The molecule has 0 saturated heterocycles. The van der Waals surface area contributed by atoms with Crippen molar-refractivity contribution in [3.63, 3.8) is 0 Å². The minimum absolute atomic E-state index is 0.0478. The fourth-order valence-electron chi connectivity index (χ4n) is 2.03. The topological polar surface area (TPSA) is 99.1 Å². The third kappa shape index (κ3) is 10.2. The zero-order chi connectivity index (χ0) is 18.8. The normalized spacial score (nSPS) is 13.9. The number of hydrogen-bond donors (Lipinski definition) is 1. The Balaban J connectivity index is 4.40. The van der Waals surface area contributed by atoms with Crippen molar-refractivity contribution in [1.29, 1.82) is 0 Å². The van der Waals surface area contributed by atoms with Crippen LogP contribution in [0, 0.1) is 0 Å². The maximum atomic E-state index is 11.6. The van der Waals surface area contributed by atoms with Crippen molar-refractivity contribution in [3.05, 3.63) is 0 Å². The Morgan fingerprint density at radius 3 is 2.21 bits per heavy atom. The molecule has 0 aliphatic heterocycles. The summed E-state index contributed by atoms with van der Waals surface area (Å²) >= 11 is 0. The SMILES string of the molecule is CCCC(=O)OC(COCCC(C(=O)O)[N+](C)(C)C)COC(C)=O. The van der Waals surface area contributed by atoms with E-state index in [0.29, 0.717) is 12.8 Å². The third-order valence-electron chi connectivity index (χ3n) is 3.28. The van der Waals surface area contributed by atoms with Gasteiger partial charge in [0, 0.05) is 19.8 Å². The molecule has 0 aromatic carbocycles. The van der Waals surface area contributed by atoms with Gasteiger partial charge in [-0.2, -0.15) is 0 Å². The zero-order valence-electron chi connectivity index (χ0n) is 15.2.